The molecule has 0 aliphatic rings. The summed E-state index contributed by atoms with van der Waals surface area (Å²) < 4.78 is 63.3. The zero-order valence-corrected chi connectivity index (χ0v) is 14.9. The summed E-state index contributed by atoms with van der Waals surface area (Å²) in [5.41, 5.74) is -0.387. The number of rotatable bonds is 4. The van der Waals surface area contributed by atoms with E-state index in [4.69, 9.17) is 0 Å². The van der Waals surface area contributed by atoms with Gasteiger partial charge in [0.25, 0.3) is 5.91 Å². The third-order valence-electron chi connectivity index (χ3n) is 3.46. The molecule has 0 fully saturated rings. The van der Waals surface area contributed by atoms with Crippen molar-refractivity contribution in [1.82, 2.24) is 10.0 Å². The lowest BCUT2D eigenvalue weighted by molar-refractivity contribution is -0.137. The van der Waals surface area contributed by atoms with E-state index in [1.807, 2.05) is 0 Å². The van der Waals surface area contributed by atoms with Gasteiger partial charge in [0.2, 0.25) is 10.0 Å². The summed E-state index contributed by atoms with van der Waals surface area (Å²) in [5.74, 6) is 4.63. The third-order valence-corrected chi connectivity index (χ3v) is 4.89. The molecule has 9 heteroatoms. The molecule has 0 bridgehead atoms. The summed E-state index contributed by atoms with van der Waals surface area (Å²) in [6.07, 6.45) is -4.45. The minimum absolute atomic E-state index is 0.0193. The number of carbonyl (C=O) groups excluding carboxylic acids is 1. The van der Waals surface area contributed by atoms with Crippen molar-refractivity contribution in [2.75, 3.05) is 13.6 Å². The number of amides is 1. The van der Waals surface area contributed by atoms with Crippen LogP contribution in [0.2, 0.25) is 0 Å². The predicted octanol–water partition coefficient (Wildman–Crippen LogP) is 2.40. The maximum absolute atomic E-state index is 12.6. The van der Waals surface area contributed by atoms with Gasteiger partial charge in [0.1, 0.15) is 0 Å². The standard InChI is InChI=1S/C18H15F3N2O3S/c1-22-27(25,26)16-9-7-14(8-10-16)17(24)23-11-3-5-13-4-2-6-15(12-13)18(19,20)21/h2,4,6-10,12,22H,11H2,1H3,(H,23,24). The Bertz CT molecular complexity index is 989. The van der Waals surface area contributed by atoms with E-state index in [9.17, 15) is 26.4 Å². The average molecular weight is 396 g/mol. The fourth-order valence-electron chi connectivity index (χ4n) is 2.05. The Morgan fingerprint density at radius 3 is 2.37 bits per heavy atom. The van der Waals surface area contributed by atoms with E-state index in [2.05, 4.69) is 21.9 Å². The Hall–Kier alpha value is -2.83. The normalized spacial score (nSPS) is 11.4. The summed E-state index contributed by atoms with van der Waals surface area (Å²) in [6.45, 7) is -0.0777. The second kappa shape index (κ2) is 8.24. The van der Waals surface area contributed by atoms with Gasteiger partial charge in [0.15, 0.2) is 0 Å². The number of alkyl halides is 3. The number of sulfonamides is 1. The molecule has 5 nitrogen and oxygen atoms in total. The Kier molecular flexibility index (Phi) is 6.25. The molecule has 27 heavy (non-hydrogen) atoms. The molecular formula is C18H15F3N2O3S. The van der Waals surface area contributed by atoms with E-state index < -0.39 is 27.7 Å². The minimum atomic E-state index is -4.45. The minimum Gasteiger partial charge on any atom is -0.341 e. The SMILES string of the molecule is CNS(=O)(=O)c1ccc(C(=O)NCC#Cc2cccc(C(F)(F)F)c2)cc1. The quantitative estimate of drug-likeness (QED) is 0.780. The summed E-state index contributed by atoms with van der Waals surface area (Å²) in [7, 11) is -2.31. The molecule has 0 atom stereocenters. The number of benzene rings is 2. The number of hydrogen-bond donors (Lipinski definition) is 2. The summed E-state index contributed by atoms with van der Waals surface area (Å²) in [5, 5.41) is 2.49. The molecule has 0 aromatic heterocycles. The molecule has 0 spiro atoms. The van der Waals surface area contributed by atoms with Crippen LogP contribution in [-0.2, 0) is 16.2 Å². The fraction of sp³-hybridized carbons (Fsp3) is 0.167. The van der Waals surface area contributed by atoms with E-state index in [0.717, 1.165) is 12.1 Å². The van der Waals surface area contributed by atoms with Crippen LogP contribution in [0.25, 0.3) is 0 Å². The van der Waals surface area contributed by atoms with Crippen LogP contribution in [-0.4, -0.2) is 27.9 Å². The second-order valence-electron chi connectivity index (χ2n) is 5.29. The lowest BCUT2D eigenvalue weighted by atomic mass is 10.1. The van der Waals surface area contributed by atoms with Crippen LogP contribution < -0.4 is 10.0 Å². The number of halogens is 3. The van der Waals surface area contributed by atoms with Crippen molar-refractivity contribution in [2.24, 2.45) is 0 Å². The summed E-state index contributed by atoms with van der Waals surface area (Å²) in [6, 6.07) is 9.83. The molecule has 2 rings (SSSR count). The van der Waals surface area contributed by atoms with Crippen LogP contribution in [0.4, 0.5) is 13.2 Å². The first-order chi connectivity index (χ1) is 12.6. The highest BCUT2D eigenvalue weighted by molar-refractivity contribution is 7.89. The van der Waals surface area contributed by atoms with Gasteiger partial charge in [-0.1, -0.05) is 17.9 Å². The topological polar surface area (TPSA) is 75.3 Å². The Morgan fingerprint density at radius 1 is 1.11 bits per heavy atom. The van der Waals surface area contributed by atoms with Crippen molar-refractivity contribution in [1.29, 1.82) is 0 Å². The van der Waals surface area contributed by atoms with Crippen LogP contribution in [0, 0.1) is 11.8 Å². The first-order valence-corrected chi connectivity index (χ1v) is 9.10. The smallest absolute Gasteiger partial charge is 0.341 e. The highest BCUT2D eigenvalue weighted by Gasteiger charge is 2.30. The summed E-state index contributed by atoms with van der Waals surface area (Å²) in [4.78, 5) is 12.0. The van der Waals surface area contributed by atoms with Gasteiger partial charge in [-0.15, -0.1) is 0 Å². The largest absolute Gasteiger partial charge is 0.416 e. The van der Waals surface area contributed by atoms with Gasteiger partial charge in [-0.25, -0.2) is 13.1 Å². The van der Waals surface area contributed by atoms with Crippen molar-refractivity contribution in [3.8, 4) is 11.8 Å². The number of carbonyl (C=O) groups is 1. The molecular weight excluding hydrogens is 381 g/mol. The van der Waals surface area contributed by atoms with E-state index in [1.54, 1.807) is 0 Å². The van der Waals surface area contributed by atoms with E-state index >= 15 is 0 Å². The number of hydrogen-bond acceptors (Lipinski definition) is 3. The first-order valence-electron chi connectivity index (χ1n) is 7.61. The van der Waals surface area contributed by atoms with Crippen LogP contribution >= 0.6 is 0 Å². The highest BCUT2D eigenvalue weighted by Crippen LogP contribution is 2.29. The van der Waals surface area contributed by atoms with Gasteiger partial charge in [0.05, 0.1) is 17.0 Å². The zero-order valence-electron chi connectivity index (χ0n) is 14.1. The lowest BCUT2D eigenvalue weighted by Gasteiger charge is -2.06. The molecule has 0 saturated carbocycles. The van der Waals surface area contributed by atoms with Crippen molar-refractivity contribution >= 4 is 15.9 Å². The van der Waals surface area contributed by atoms with Crippen LogP contribution in [0.3, 0.4) is 0 Å². The van der Waals surface area contributed by atoms with Gasteiger partial charge in [0, 0.05) is 11.1 Å². The molecule has 2 aromatic rings. The van der Waals surface area contributed by atoms with Crippen LogP contribution in [0.15, 0.2) is 53.4 Å². The molecule has 2 aromatic carbocycles. The third kappa shape index (κ3) is 5.57. The molecule has 0 aliphatic carbocycles. The van der Waals surface area contributed by atoms with Gasteiger partial charge in [-0.05, 0) is 49.5 Å². The van der Waals surface area contributed by atoms with Crippen molar-refractivity contribution in [3.63, 3.8) is 0 Å². The van der Waals surface area contributed by atoms with Gasteiger partial charge >= 0.3 is 6.18 Å². The zero-order chi connectivity index (χ0) is 20.1. The van der Waals surface area contributed by atoms with E-state index in [1.165, 1.54) is 43.4 Å². The average Bonchev–Trinajstić information content (AvgIpc) is 2.64. The molecule has 1 amide bonds. The maximum Gasteiger partial charge on any atom is 0.416 e. The van der Waals surface area contributed by atoms with Crippen molar-refractivity contribution in [2.45, 2.75) is 11.1 Å². The Morgan fingerprint density at radius 2 is 1.78 bits per heavy atom. The van der Waals surface area contributed by atoms with Gasteiger partial charge in [-0.3, -0.25) is 4.79 Å². The monoisotopic (exact) mass is 396 g/mol. The van der Waals surface area contributed by atoms with Gasteiger partial charge < -0.3 is 5.32 Å². The first kappa shape index (κ1) is 20.5. The highest BCUT2D eigenvalue weighted by atomic mass is 32.2. The van der Waals surface area contributed by atoms with E-state index in [0.29, 0.717) is 0 Å². The second-order valence-corrected chi connectivity index (χ2v) is 7.18. The van der Waals surface area contributed by atoms with Crippen LogP contribution in [0.1, 0.15) is 21.5 Å². The molecule has 0 heterocycles. The Labute approximate surface area is 154 Å². The predicted molar refractivity (Wildman–Crippen MR) is 93.3 cm³/mol. The molecule has 0 unspecified atom stereocenters. The Balaban J connectivity index is 1.99. The molecule has 142 valence electrons. The van der Waals surface area contributed by atoms with Crippen molar-refractivity contribution in [3.05, 3.63) is 65.2 Å². The molecule has 2 N–H and O–H groups in total. The van der Waals surface area contributed by atoms with Crippen LogP contribution in [0.5, 0.6) is 0 Å². The maximum atomic E-state index is 12.6. The van der Waals surface area contributed by atoms with E-state index in [-0.39, 0.29) is 22.6 Å². The number of nitrogens with one attached hydrogen (secondary N) is 2. The molecule has 0 aliphatic heterocycles. The van der Waals surface area contributed by atoms with Gasteiger partial charge in [-0.2, -0.15) is 13.2 Å². The lowest BCUT2D eigenvalue weighted by Crippen LogP contribution is -2.24. The molecule has 0 radical (unpaired) electrons. The molecule has 0 saturated heterocycles. The van der Waals surface area contributed by atoms with Crippen molar-refractivity contribution < 1.29 is 26.4 Å². The summed E-state index contributed by atoms with van der Waals surface area (Å²) >= 11 is 0. The fourth-order valence-corrected chi connectivity index (χ4v) is 2.78.